The van der Waals surface area contributed by atoms with E-state index < -0.39 is 11.7 Å². The molecule has 1 aliphatic heterocycles. The zero-order chi connectivity index (χ0) is 18.5. The summed E-state index contributed by atoms with van der Waals surface area (Å²) >= 11 is 5.75. The summed E-state index contributed by atoms with van der Waals surface area (Å²) in [5.74, 6) is -0.276. The Bertz CT molecular complexity index is 778. The van der Waals surface area contributed by atoms with Gasteiger partial charge < -0.3 is 10.1 Å². The number of hydrogen-bond donors (Lipinski definition) is 1. The van der Waals surface area contributed by atoms with Gasteiger partial charge in [0.15, 0.2) is 0 Å². The molecule has 0 spiro atoms. The minimum atomic E-state index is -0.617. The second-order valence-corrected chi connectivity index (χ2v) is 6.81. The molecule has 0 bridgehead atoms. The molecule has 1 fully saturated rings. The van der Waals surface area contributed by atoms with E-state index in [2.05, 4.69) is 10.2 Å². The first kappa shape index (κ1) is 18.7. The number of carbonyl (C=O) groups is 1. The molecular formula is C20H22ClFN2O2. The Labute approximate surface area is 157 Å². The molecule has 0 saturated carbocycles. The van der Waals surface area contributed by atoms with Crippen LogP contribution in [0.5, 0.6) is 5.75 Å². The van der Waals surface area contributed by atoms with Crippen molar-refractivity contribution in [3.05, 3.63) is 64.4 Å². The molecule has 1 aliphatic rings. The Balaban J connectivity index is 1.76. The number of nitrogens with zero attached hydrogens (tertiary/aromatic N) is 1. The van der Waals surface area contributed by atoms with Crippen molar-refractivity contribution >= 4 is 17.5 Å². The fraction of sp³-hybridized carbons (Fsp3) is 0.350. The van der Waals surface area contributed by atoms with Gasteiger partial charge in [-0.15, -0.1) is 0 Å². The molecule has 1 saturated heterocycles. The highest BCUT2D eigenvalue weighted by Gasteiger charge is 2.25. The summed E-state index contributed by atoms with van der Waals surface area (Å²) in [6.45, 7) is 2.36. The first-order valence-corrected chi connectivity index (χ1v) is 9.07. The third-order valence-corrected chi connectivity index (χ3v) is 4.93. The molecule has 3 rings (SSSR count). The smallest absolute Gasteiger partial charge is 0.254 e. The quantitative estimate of drug-likeness (QED) is 0.826. The number of benzene rings is 2. The monoisotopic (exact) mass is 376 g/mol. The zero-order valence-electron chi connectivity index (χ0n) is 14.7. The van der Waals surface area contributed by atoms with E-state index in [1.807, 2.05) is 24.3 Å². The molecule has 1 amide bonds. The maximum absolute atomic E-state index is 14.0. The maximum Gasteiger partial charge on any atom is 0.254 e. The zero-order valence-corrected chi connectivity index (χ0v) is 15.4. The maximum atomic E-state index is 14.0. The standard InChI is InChI=1S/C20H22ClFN2O2/c1-26-16-6-4-5-14(11-16)19(24-9-2-3-10-24)13-23-20(25)17-8-7-15(21)12-18(17)22/h4-8,11-12,19H,2-3,9-10,13H2,1H3,(H,23,25)/t19-/m1/s1. The summed E-state index contributed by atoms with van der Waals surface area (Å²) in [5.41, 5.74) is 1.07. The second kappa shape index (κ2) is 8.52. The molecule has 0 aliphatic carbocycles. The van der Waals surface area contributed by atoms with E-state index in [1.165, 1.54) is 12.1 Å². The molecule has 4 nitrogen and oxygen atoms in total. The van der Waals surface area contributed by atoms with Gasteiger partial charge in [0.05, 0.1) is 18.7 Å². The van der Waals surface area contributed by atoms with Gasteiger partial charge in [-0.1, -0.05) is 23.7 Å². The Morgan fingerprint density at radius 2 is 2.04 bits per heavy atom. The third kappa shape index (κ3) is 4.34. The molecule has 1 atom stereocenters. The van der Waals surface area contributed by atoms with Crippen LogP contribution >= 0.6 is 11.6 Å². The van der Waals surface area contributed by atoms with Crippen molar-refractivity contribution in [3.63, 3.8) is 0 Å². The molecule has 6 heteroatoms. The number of ether oxygens (including phenoxy) is 1. The van der Waals surface area contributed by atoms with Gasteiger partial charge in [0, 0.05) is 11.6 Å². The van der Waals surface area contributed by atoms with Gasteiger partial charge in [-0.3, -0.25) is 9.69 Å². The molecule has 26 heavy (non-hydrogen) atoms. The van der Waals surface area contributed by atoms with E-state index in [4.69, 9.17) is 16.3 Å². The normalized spacial score (nSPS) is 15.7. The predicted octanol–water partition coefficient (Wildman–Crippen LogP) is 4.05. The van der Waals surface area contributed by atoms with Gasteiger partial charge >= 0.3 is 0 Å². The van der Waals surface area contributed by atoms with Crippen molar-refractivity contribution in [2.24, 2.45) is 0 Å². The van der Waals surface area contributed by atoms with Crippen molar-refractivity contribution in [2.75, 3.05) is 26.7 Å². The van der Waals surface area contributed by atoms with E-state index in [1.54, 1.807) is 7.11 Å². The number of amides is 1. The lowest BCUT2D eigenvalue weighted by Crippen LogP contribution is -2.37. The summed E-state index contributed by atoms with van der Waals surface area (Å²) in [5, 5.41) is 3.14. The SMILES string of the molecule is COc1cccc([C@@H](CNC(=O)c2ccc(Cl)cc2F)N2CCCC2)c1. The van der Waals surface area contributed by atoms with Crippen molar-refractivity contribution in [2.45, 2.75) is 18.9 Å². The van der Waals surface area contributed by atoms with Crippen LogP contribution in [0.4, 0.5) is 4.39 Å². The number of hydrogen-bond acceptors (Lipinski definition) is 3. The van der Waals surface area contributed by atoms with Crippen molar-refractivity contribution < 1.29 is 13.9 Å². The first-order chi connectivity index (χ1) is 12.6. The average molecular weight is 377 g/mol. The summed E-state index contributed by atoms with van der Waals surface area (Å²) in [7, 11) is 1.63. The van der Waals surface area contributed by atoms with E-state index in [-0.39, 0.29) is 16.6 Å². The van der Waals surface area contributed by atoms with Crippen LogP contribution in [0.1, 0.15) is 34.8 Å². The average Bonchev–Trinajstić information content (AvgIpc) is 3.16. The summed E-state index contributed by atoms with van der Waals surface area (Å²) in [6.07, 6.45) is 2.28. The first-order valence-electron chi connectivity index (χ1n) is 8.69. The van der Waals surface area contributed by atoms with Crippen LogP contribution in [-0.2, 0) is 0 Å². The molecule has 0 unspecified atom stereocenters. The van der Waals surface area contributed by atoms with Gasteiger partial charge in [-0.2, -0.15) is 0 Å². The van der Waals surface area contributed by atoms with Crippen LogP contribution < -0.4 is 10.1 Å². The lowest BCUT2D eigenvalue weighted by Gasteiger charge is -2.28. The van der Waals surface area contributed by atoms with Crippen molar-refractivity contribution in [1.82, 2.24) is 10.2 Å². The fourth-order valence-electron chi connectivity index (χ4n) is 3.32. The Morgan fingerprint density at radius 3 is 2.73 bits per heavy atom. The Morgan fingerprint density at radius 1 is 1.27 bits per heavy atom. The lowest BCUT2D eigenvalue weighted by atomic mass is 10.0. The molecule has 138 valence electrons. The second-order valence-electron chi connectivity index (χ2n) is 6.37. The van der Waals surface area contributed by atoms with E-state index in [0.29, 0.717) is 6.54 Å². The van der Waals surface area contributed by atoms with Crippen LogP contribution in [0.2, 0.25) is 5.02 Å². The highest BCUT2D eigenvalue weighted by Crippen LogP contribution is 2.27. The van der Waals surface area contributed by atoms with Gasteiger partial charge in [0.1, 0.15) is 11.6 Å². The highest BCUT2D eigenvalue weighted by molar-refractivity contribution is 6.30. The molecule has 2 aromatic rings. The molecular weight excluding hydrogens is 355 g/mol. The molecule has 1 N–H and O–H groups in total. The molecule has 2 aromatic carbocycles. The molecule has 0 aromatic heterocycles. The Hall–Kier alpha value is -2.11. The highest BCUT2D eigenvalue weighted by atomic mass is 35.5. The van der Waals surface area contributed by atoms with Gasteiger partial charge in [0.25, 0.3) is 5.91 Å². The van der Waals surface area contributed by atoms with Crippen LogP contribution in [-0.4, -0.2) is 37.6 Å². The Kier molecular flexibility index (Phi) is 6.12. The third-order valence-electron chi connectivity index (χ3n) is 4.69. The van der Waals surface area contributed by atoms with Crippen LogP contribution in [0, 0.1) is 5.82 Å². The number of nitrogens with one attached hydrogen (secondary N) is 1. The summed E-state index contributed by atoms with van der Waals surface area (Å²) < 4.78 is 19.3. The minimum absolute atomic E-state index is 0.000198. The largest absolute Gasteiger partial charge is 0.497 e. The number of carbonyl (C=O) groups excluding carboxylic acids is 1. The lowest BCUT2D eigenvalue weighted by molar-refractivity contribution is 0.0934. The number of rotatable bonds is 6. The number of likely N-dealkylation sites (tertiary alicyclic amines) is 1. The van der Waals surface area contributed by atoms with Gasteiger partial charge in [-0.25, -0.2) is 4.39 Å². The topological polar surface area (TPSA) is 41.6 Å². The minimum Gasteiger partial charge on any atom is -0.497 e. The number of halogens is 2. The number of methoxy groups -OCH3 is 1. The van der Waals surface area contributed by atoms with Gasteiger partial charge in [-0.05, 0) is 61.8 Å². The van der Waals surface area contributed by atoms with E-state index >= 15 is 0 Å². The predicted molar refractivity (Wildman–Crippen MR) is 100 cm³/mol. The fourth-order valence-corrected chi connectivity index (χ4v) is 3.48. The molecule has 1 heterocycles. The van der Waals surface area contributed by atoms with Gasteiger partial charge in [0.2, 0.25) is 0 Å². The van der Waals surface area contributed by atoms with Crippen molar-refractivity contribution in [3.8, 4) is 5.75 Å². The van der Waals surface area contributed by atoms with Crippen LogP contribution in [0.25, 0.3) is 0 Å². The van der Waals surface area contributed by atoms with E-state index in [0.717, 1.165) is 43.3 Å². The molecule has 0 radical (unpaired) electrons. The van der Waals surface area contributed by atoms with E-state index in [9.17, 15) is 9.18 Å². The van der Waals surface area contributed by atoms with Crippen LogP contribution in [0.15, 0.2) is 42.5 Å². The van der Waals surface area contributed by atoms with Crippen molar-refractivity contribution in [1.29, 1.82) is 0 Å². The van der Waals surface area contributed by atoms with Crippen LogP contribution in [0.3, 0.4) is 0 Å². The summed E-state index contributed by atoms with van der Waals surface area (Å²) in [4.78, 5) is 14.8. The summed E-state index contributed by atoms with van der Waals surface area (Å²) in [6, 6.07) is 11.9.